The summed E-state index contributed by atoms with van der Waals surface area (Å²) in [5.41, 5.74) is 0.734. The predicted octanol–water partition coefficient (Wildman–Crippen LogP) is 2.06. The summed E-state index contributed by atoms with van der Waals surface area (Å²) in [4.78, 5) is 40.1. The van der Waals surface area contributed by atoms with Crippen molar-refractivity contribution in [2.45, 2.75) is 6.54 Å². The molecule has 0 aliphatic rings. The number of nitrogens with zero attached hydrogens (tertiary/aromatic N) is 2. The van der Waals surface area contributed by atoms with Gasteiger partial charge in [-0.1, -0.05) is 12.1 Å². The number of aromatic hydroxyl groups is 1. The number of phenolic OH excluding ortho intramolecular Hbond substituents is 1. The van der Waals surface area contributed by atoms with Gasteiger partial charge in [0.25, 0.3) is 11.8 Å². The van der Waals surface area contributed by atoms with Crippen LogP contribution in [-0.4, -0.2) is 43.2 Å². The molecule has 0 aliphatic carbocycles. The van der Waals surface area contributed by atoms with E-state index in [1.807, 2.05) is 0 Å². The van der Waals surface area contributed by atoms with Crippen LogP contribution in [0, 0.1) is 0 Å². The van der Waals surface area contributed by atoms with E-state index in [2.05, 4.69) is 41.7 Å². The Morgan fingerprint density at radius 1 is 1.13 bits per heavy atom. The number of carboxylic acid groups (broad SMARTS) is 1. The van der Waals surface area contributed by atoms with Crippen molar-refractivity contribution in [3.05, 3.63) is 81.5 Å². The van der Waals surface area contributed by atoms with Gasteiger partial charge >= 0.3 is 5.97 Å². The van der Waals surface area contributed by atoms with E-state index in [4.69, 9.17) is 0 Å². The SMILES string of the molecule is O=C(O)/C(=C/c1nc[nH]n1)NC(=O)c1ccc(C(=O)NCc2cccc(O)c2)cc1Br. The van der Waals surface area contributed by atoms with Crippen LogP contribution >= 0.6 is 15.9 Å². The van der Waals surface area contributed by atoms with Crippen molar-refractivity contribution < 1.29 is 24.6 Å². The summed E-state index contributed by atoms with van der Waals surface area (Å²) in [5, 5.41) is 29.9. The number of benzene rings is 2. The summed E-state index contributed by atoms with van der Waals surface area (Å²) in [7, 11) is 0. The zero-order valence-electron chi connectivity index (χ0n) is 15.8. The Labute approximate surface area is 184 Å². The molecule has 0 bridgehead atoms. The lowest BCUT2D eigenvalue weighted by molar-refractivity contribution is -0.132. The molecule has 3 rings (SSSR count). The number of carbonyl (C=O) groups excluding carboxylic acids is 2. The number of halogens is 1. The summed E-state index contributed by atoms with van der Waals surface area (Å²) < 4.78 is 0.303. The van der Waals surface area contributed by atoms with Crippen molar-refractivity contribution in [3.8, 4) is 5.75 Å². The molecule has 1 aromatic heterocycles. The van der Waals surface area contributed by atoms with Gasteiger partial charge in [-0.2, -0.15) is 5.10 Å². The van der Waals surface area contributed by atoms with Crippen molar-refractivity contribution in [2.75, 3.05) is 0 Å². The molecular formula is C20H16BrN5O5. The Hall–Kier alpha value is -3.99. The van der Waals surface area contributed by atoms with Crippen LogP contribution in [0.3, 0.4) is 0 Å². The fourth-order valence-electron chi connectivity index (χ4n) is 2.55. The normalized spacial score (nSPS) is 11.1. The number of carbonyl (C=O) groups is 3. The van der Waals surface area contributed by atoms with Crippen LogP contribution in [0.4, 0.5) is 0 Å². The third kappa shape index (κ3) is 5.76. The van der Waals surface area contributed by atoms with E-state index < -0.39 is 17.6 Å². The lowest BCUT2D eigenvalue weighted by Gasteiger charge is -2.10. The molecule has 2 amide bonds. The van der Waals surface area contributed by atoms with Crippen molar-refractivity contribution in [3.63, 3.8) is 0 Å². The van der Waals surface area contributed by atoms with Crippen LogP contribution in [0.15, 0.2) is 59.0 Å². The zero-order valence-corrected chi connectivity index (χ0v) is 17.4. The lowest BCUT2D eigenvalue weighted by Crippen LogP contribution is -2.28. The van der Waals surface area contributed by atoms with Gasteiger partial charge in [-0.05, 0) is 51.8 Å². The summed E-state index contributed by atoms with van der Waals surface area (Å²) in [6, 6.07) is 10.8. The van der Waals surface area contributed by atoms with Gasteiger partial charge in [-0.25, -0.2) is 9.78 Å². The van der Waals surface area contributed by atoms with Gasteiger partial charge in [0.05, 0.1) is 5.56 Å². The highest BCUT2D eigenvalue weighted by atomic mass is 79.9. The molecule has 31 heavy (non-hydrogen) atoms. The zero-order chi connectivity index (χ0) is 22.4. The van der Waals surface area contributed by atoms with E-state index in [9.17, 15) is 24.6 Å². The molecule has 0 aliphatic heterocycles. The molecule has 0 radical (unpaired) electrons. The minimum absolute atomic E-state index is 0.0931. The van der Waals surface area contributed by atoms with E-state index in [1.165, 1.54) is 36.7 Å². The monoisotopic (exact) mass is 485 g/mol. The maximum Gasteiger partial charge on any atom is 0.352 e. The molecule has 10 nitrogen and oxygen atoms in total. The van der Waals surface area contributed by atoms with Gasteiger partial charge in [-0.15, -0.1) is 0 Å². The van der Waals surface area contributed by atoms with Gasteiger partial charge in [-0.3, -0.25) is 14.7 Å². The first-order valence-corrected chi connectivity index (χ1v) is 9.60. The number of rotatable bonds is 7. The van der Waals surface area contributed by atoms with E-state index in [0.717, 1.165) is 11.6 Å². The number of H-pyrrole nitrogens is 1. The van der Waals surface area contributed by atoms with Gasteiger partial charge in [0, 0.05) is 22.7 Å². The molecule has 0 fully saturated rings. The summed E-state index contributed by atoms with van der Waals surface area (Å²) in [6.45, 7) is 0.209. The summed E-state index contributed by atoms with van der Waals surface area (Å²) >= 11 is 3.24. The molecule has 0 spiro atoms. The van der Waals surface area contributed by atoms with Gasteiger partial charge in [0.1, 0.15) is 17.8 Å². The average Bonchev–Trinajstić information content (AvgIpc) is 3.24. The second-order valence-corrected chi connectivity index (χ2v) is 7.08. The highest BCUT2D eigenvalue weighted by Gasteiger charge is 2.18. The fourth-order valence-corrected chi connectivity index (χ4v) is 3.11. The molecule has 0 saturated heterocycles. The van der Waals surface area contributed by atoms with Crippen molar-refractivity contribution in [1.82, 2.24) is 25.8 Å². The topological polar surface area (TPSA) is 157 Å². The third-order valence-corrected chi connectivity index (χ3v) is 4.68. The van der Waals surface area contributed by atoms with Crippen LogP contribution < -0.4 is 10.6 Å². The second-order valence-electron chi connectivity index (χ2n) is 6.22. The standard InChI is InChI=1S/C20H16BrN5O5/c21-15-7-12(18(28)22-9-11-2-1-3-13(27)6-11)4-5-14(15)19(29)25-16(20(30)31)8-17-23-10-24-26-17/h1-8,10,27H,9H2,(H,22,28)(H,25,29)(H,30,31)(H,23,24,26)/b16-8-. The number of nitrogens with one attached hydrogen (secondary N) is 3. The molecule has 5 N–H and O–H groups in total. The number of carboxylic acids is 1. The van der Waals surface area contributed by atoms with Crippen LogP contribution in [-0.2, 0) is 11.3 Å². The van der Waals surface area contributed by atoms with Crippen LogP contribution in [0.5, 0.6) is 5.75 Å². The lowest BCUT2D eigenvalue weighted by atomic mass is 10.1. The molecule has 0 atom stereocenters. The molecule has 1 heterocycles. The number of hydrogen-bond donors (Lipinski definition) is 5. The highest BCUT2D eigenvalue weighted by molar-refractivity contribution is 9.10. The van der Waals surface area contributed by atoms with Crippen molar-refractivity contribution in [2.24, 2.45) is 0 Å². The number of aromatic amines is 1. The first-order valence-electron chi connectivity index (χ1n) is 8.81. The molecule has 11 heteroatoms. The van der Waals surface area contributed by atoms with Gasteiger partial charge in [0.15, 0.2) is 5.82 Å². The Balaban J connectivity index is 1.69. The first-order chi connectivity index (χ1) is 14.8. The van der Waals surface area contributed by atoms with E-state index >= 15 is 0 Å². The Morgan fingerprint density at radius 3 is 2.58 bits per heavy atom. The van der Waals surface area contributed by atoms with Crippen LogP contribution in [0.2, 0.25) is 0 Å². The highest BCUT2D eigenvalue weighted by Crippen LogP contribution is 2.20. The largest absolute Gasteiger partial charge is 0.508 e. The summed E-state index contributed by atoms with van der Waals surface area (Å²) in [6.07, 6.45) is 2.38. The minimum Gasteiger partial charge on any atom is -0.508 e. The summed E-state index contributed by atoms with van der Waals surface area (Å²) in [5.74, 6) is -2.25. The molecular weight excluding hydrogens is 470 g/mol. The Morgan fingerprint density at radius 2 is 1.94 bits per heavy atom. The third-order valence-electron chi connectivity index (χ3n) is 4.03. The maximum atomic E-state index is 12.5. The minimum atomic E-state index is -1.36. The van der Waals surface area contributed by atoms with Crippen molar-refractivity contribution in [1.29, 1.82) is 0 Å². The van der Waals surface area contributed by atoms with Gasteiger partial charge in [0.2, 0.25) is 0 Å². The number of hydrogen-bond acceptors (Lipinski definition) is 6. The van der Waals surface area contributed by atoms with Crippen molar-refractivity contribution >= 4 is 39.8 Å². The number of amides is 2. The van der Waals surface area contributed by atoms with Gasteiger partial charge < -0.3 is 20.8 Å². The number of aliphatic carboxylic acids is 1. The Kier molecular flexibility index (Phi) is 6.78. The number of phenols is 1. The van der Waals surface area contributed by atoms with E-state index in [1.54, 1.807) is 12.1 Å². The molecule has 3 aromatic rings. The second kappa shape index (κ2) is 9.67. The average molecular weight is 486 g/mol. The quantitative estimate of drug-likeness (QED) is 0.320. The van der Waals surface area contributed by atoms with Crippen LogP contribution in [0.1, 0.15) is 32.1 Å². The Bertz CT molecular complexity index is 1160. The molecule has 0 saturated carbocycles. The van der Waals surface area contributed by atoms with Crippen LogP contribution in [0.25, 0.3) is 6.08 Å². The molecule has 2 aromatic carbocycles. The fraction of sp³-hybridized carbons (Fsp3) is 0.0500. The molecule has 158 valence electrons. The van der Waals surface area contributed by atoms with E-state index in [-0.39, 0.29) is 29.6 Å². The predicted molar refractivity (Wildman–Crippen MR) is 113 cm³/mol. The van der Waals surface area contributed by atoms with E-state index in [0.29, 0.717) is 10.0 Å². The molecule has 0 unspecified atom stereocenters. The number of aromatic nitrogens is 3. The first kappa shape index (κ1) is 21.7. The maximum absolute atomic E-state index is 12.5. The smallest absolute Gasteiger partial charge is 0.352 e.